The molecule has 0 amide bonds. The summed E-state index contributed by atoms with van der Waals surface area (Å²) < 4.78 is 20.9. The first kappa shape index (κ1) is 19.6. The Kier molecular flexibility index (Phi) is 4.43. The van der Waals surface area contributed by atoms with Crippen molar-refractivity contribution in [1.29, 1.82) is 0 Å². The van der Waals surface area contributed by atoms with Crippen LogP contribution in [0.4, 0.5) is 0 Å². The molecule has 0 bridgehead atoms. The zero-order valence-corrected chi connectivity index (χ0v) is 18.5. The predicted molar refractivity (Wildman–Crippen MR) is 115 cm³/mol. The van der Waals surface area contributed by atoms with E-state index in [1.165, 1.54) is 24.8 Å². The lowest BCUT2D eigenvalue weighted by Gasteiger charge is -2.32. The van der Waals surface area contributed by atoms with E-state index in [0.717, 1.165) is 42.4 Å². The normalized spacial score (nSPS) is 27.5. The topological polar surface area (TPSA) is 45.5 Å². The fourth-order valence-electron chi connectivity index (χ4n) is 4.47. The molecule has 5 nitrogen and oxygen atoms in total. The third-order valence-electron chi connectivity index (χ3n) is 7.44. The van der Waals surface area contributed by atoms with Gasteiger partial charge >= 0.3 is 7.12 Å². The summed E-state index contributed by atoms with van der Waals surface area (Å²) in [6, 6.07) is 6.79. The quantitative estimate of drug-likeness (QED) is 0.720. The molecule has 5 rings (SSSR count). The van der Waals surface area contributed by atoms with Crippen molar-refractivity contribution in [3.63, 3.8) is 0 Å². The second-order valence-electron chi connectivity index (χ2n) is 10.6. The van der Waals surface area contributed by atoms with Crippen molar-refractivity contribution in [3.8, 4) is 0 Å². The molecule has 1 saturated carbocycles. The monoisotopic (exact) mass is 396 g/mol. The van der Waals surface area contributed by atoms with Crippen molar-refractivity contribution in [3.05, 3.63) is 23.8 Å². The highest BCUT2D eigenvalue weighted by Crippen LogP contribution is 2.48. The van der Waals surface area contributed by atoms with Gasteiger partial charge in [-0.1, -0.05) is 13.0 Å². The van der Waals surface area contributed by atoms with Crippen LogP contribution in [-0.4, -0.2) is 34.7 Å². The van der Waals surface area contributed by atoms with Gasteiger partial charge in [-0.15, -0.1) is 0 Å². The van der Waals surface area contributed by atoms with Gasteiger partial charge in [0.1, 0.15) is 5.59 Å². The number of nitrogens with zero attached hydrogens (tertiary/aromatic N) is 2. The smallest absolute Gasteiger partial charge is 0.398 e. The van der Waals surface area contributed by atoms with Crippen molar-refractivity contribution in [2.75, 3.05) is 6.61 Å². The fourth-order valence-corrected chi connectivity index (χ4v) is 4.47. The van der Waals surface area contributed by atoms with Gasteiger partial charge in [0.05, 0.1) is 16.7 Å². The summed E-state index contributed by atoms with van der Waals surface area (Å²) in [6.45, 7) is 11.6. The molecule has 29 heavy (non-hydrogen) atoms. The van der Waals surface area contributed by atoms with Gasteiger partial charge in [-0.3, -0.25) is 0 Å². The van der Waals surface area contributed by atoms with E-state index in [1.807, 2.05) is 0 Å². The molecule has 0 spiro atoms. The van der Waals surface area contributed by atoms with Crippen LogP contribution in [0.25, 0.3) is 10.9 Å². The maximum atomic E-state index is 6.37. The summed E-state index contributed by atoms with van der Waals surface area (Å²) in [5.74, 6) is 0. The van der Waals surface area contributed by atoms with E-state index in [-0.39, 0.29) is 17.4 Å². The second-order valence-corrected chi connectivity index (χ2v) is 10.6. The molecular weight excluding hydrogens is 363 g/mol. The van der Waals surface area contributed by atoms with Crippen LogP contribution in [0.5, 0.6) is 0 Å². The second kappa shape index (κ2) is 6.56. The SMILES string of the molecule is CC1(Cc2ccc3c(c2)c(B2OC(C)(C)C(C)(C)O2)nn3C2CCCCO2)CC1. The Labute approximate surface area is 174 Å². The van der Waals surface area contributed by atoms with Crippen LogP contribution in [0.1, 0.15) is 78.5 Å². The lowest BCUT2D eigenvalue weighted by molar-refractivity contribution is -0.0364. The van der Waals surface area contributed by atoms with Gasteiger partial charge in [0.25, 0.3) is 0 Å². The van der Waals surface area contributed by atoms with Gasteiger partial charge in [-0.25, -0.2) is 4.68 Å². The zero-order valence-electron chi connectivity index (χ0n) is 18.5. The highest BCUT2D eigenvalue weighted by molar-refractivity contribution is 6.64. The first-order chi connectivity index (χ1) is 13.7. The van der Waals surface area contributed by atoms with Crippen LogP contribution in [0.3, 0.4) is 0 Å². The Morgan fingerprint density at radius 3 is 2.41 bits per heavy atom. The van der Waals surface area contributed by atoms with E-state index >= 15 is 0 Å². The van der Waals surface area contributed by atoms with Crippen LogP contribution < -0.4 is 5.59 Å². The van der Waals surface area contributed by atoms with Crippen molar-refractivity contribution in [1.82, 2.24) is 9.78 Å². The van der Waals surface area contributed by atoms with E-state index < -0.39 is 7.12 Å². The molecule has 3 fully saturated rings. The van der Waals surface area contributed by atoms with Crippen LogP contribution in [0.2, 0.25) is 0 Å². The third-order valence-corrected chi connectivity index (χ3v) is 7.44. The van der Waals surface area contributed by atoms with Gasteiger partial charge in [-0.05, 0) is 89.3 Å². The minimum absolute atomic E-state index is 0.00535. The predicted octanol–water partition coefficient (Wildman–Crippen LogP) is 4.38. The molecule has 1 aromatic heterocycles. The minimum atomic E-state index is -0.459. The van der Waals surface area contributed by atoms with E-state index in [0.29, 0.717) is 5.41 Å². The molecule has 1 aliphatic carbocycles. The summed E-state index contributed by atoms with van der Waals surface area (Å²) in [5, 5.41) is 6.16. The lowest BCUT2D eigenvalue weighted by atomic mass is 9.82. The standard InChI is InChI=1S/C23H33BN2O3/c1-21(2)22(3,4)29-24(28-21)20-17-14-16(15-23(5)11-12-23)9-10-18(17)26(25-20)19-8-6-7-13-27-19/h9-10,14,19H,6-8,11-13,15H2,1-5H3. The molecule has 6 heteroatoms. The molecule has 1 atom stereocenters. The Bertz CT molecular complexity index is 910. The van der Waals surface area contributed by atoms with E-state index in [4.69, 9.17) is 19.1 Å². The number of hydrogen-bond acceptors (Lipinski definition) is 4. The number of aromatic nitrogens is 2. The number of benzene rings is 1. The minimum Gasteiger partial charge on any atom is -0.398 e. The number of fused-ring (bicyclic) bond motifs is 1. The molecule has 1 unspecified atom stereocenters. The van der Waals surface area contributed by atoms with E-state index in [2.05, 4.69) is 57.5 Å². The van der Waals surface area contributed by atoms with Crippen LogP contribution in [-0.2, 0) is 20.5 Å². The number of hydrogen-bond donors (Lipinski definition) is 0. The van der Waals surface area contributed by atoms with Crippen molar-refractivity contribution >= 4 is 23.6 Å². The molecule has 3 heterocycles. The molecule has 3 aliphatic rings. The summed E-state index contributed by atoms with van der Waals surface area (Å²) in [4.78, 5) is 0. The Morgan fingerprint density at radius 2 is 1.79 bits per heavy atom. The highest BCUT2D eigenvalue weighted by Gasteiger charge is 2.53. The molecule has 2 aliphatic heterocycles. The van der Waals surface area contributed by atoms with Gasteiger partial charge in [0.15, 0.2) is 6.23 Å². The summed E-state index contributed by atoms with van der Waals surface area (Å²) in [5.41, 5.74) is 3.09. The van der Waals surface area contributed by atoms with Crippen LogP contribution in [0.15, 0.2) is 18.2 Å². The first-order valence-electron chi connectivity index (χ1n) is 11.2. The van der Waals surface area contributed by atoms with E-state index in [9.17, 15) is 0 Å². The Morgan fingerprint density at radius 1 is 1.07 bits per heavy atom. The van der Waals surface area contributed by atoms with Gasteiger partial charge in [-0.2, -0.15) is 5.10 Å². The van der Waals surface area contributed by atoms with Gasteiger partial charge in [0, 0.05) is 12.0 Å². The fraction of sp³-hybridized carbons (Fsp3) is 0.696. The lowest BCUT2D eigenvalue weighted by Crippen LogP contribution is -2.41. The summed E-state index contributed by atoms with van der Waals surface area (Å²) >= 11 is 0. The average molecular weight is 396 g/mol. The maximum Gasteiger partial charge on any atom is 0.517 e. The zero-order chi connectivity index (χ0) is 20.4. The van der Waals surface area contributed by atoms with Gasteiger partial charge in [0.2, 0.25) is 0 Å². The molecule has 0 radical (unpaired) electrons. The third kappa shape index (κ3) is 3.43. The maximum absolute atomic E-state index is 6.37. The van der Waals surface area contributed by atoms with Crippen molar-refractivity contribution < 1.29 is 14.0 Å². The summed E-state index contributed by atoms with van der Waals surface area (Å²) in [7, 11) is -0.459. The molecule has 2 saturated heterocycles. The highest BCUT2D eigenvalue weighted by atomic mass is 16.7. The molecule has 2 aromatic rings. The largest absolute Gasteiger partial charge is 0.517 e. The van der Waals surface area contributed by atoms with Gasteiger partial charge < -0.3 is 14.0 Å². The summed E-state index contributed by atoms with van der Waals surface area (Å²) in [6.07, 6.45) is 7.07. The Balaban J connectivity index is 1.58. The molecular formula is C23H33BN2O3. The van der Waals surface area contributed by atoms with Crippen molar-refractivity contribution in [2.24, 2.45) is 5.41 Å². The van der Waals surface area contributed by atoms with Crippen molar-refractivity contribution in [2.45, 2.75) is 90.6 Å². The van der Waals surface area contributed by atoms with E-state index in [1.54, 1.807) is 0 Å². The number of rotatable bonds is 4. The van der Waals surface area contributed by atoms with Crippen LogP contribution >= 0.6 is 0 Å². The Hall–Kier alpha value is -1.37. The first-order valence-corrected chi connectivity index (χ1v) is 11.2. The van der Waals surface area contributed by atoms with Crippen LogP contribution in [0, 0.1) is 5.41 Å². The average Bonchev–Trinajstić information content (AvgIpc) is 3.19. The molecule has 0 N–H and O–H groups in total. The molecule has 156 valence electrons. The molecule has 1 aromatic carbocycles. The number of ether oxygens (including phenoxy) is 1.